The number of benzene rings is 2. The van der Waals surface area contributed by atoms with Crippen molar-refractivity contribution in [2.75, 3.05) is 44.3 Å². The molecule has 1 amide bonds. The second-order valence-corrected chi connectivity index (χ2v) is 10.3. The number of ether oxygens (including phenoxy) is 1. The maximum Gasteiger partial charge on any atom is 0.260 e. The molecule has 2 aromatic rings. The fourth-order valence-electron chi connectivity index (χ4n) is 4.24. The average Bonchev–Trinajstić information content (AvgIpc) is 3.13. The molecule has 0 aliphatic carbocycles. The number of carbonyl (C=O) groups is 1. The van der Waals surface area contributed by atoms with Crippen LogP contribution in [-0.2, 0) is 21.1 Å². The largest absolute Gasteiger partial charge is 0.483 e. The van der Waals surface area contributed by atoms with Gasteiger partial charge >= 0.3 is 0 Å². The first kappa shape index (κ1) is 20.9. The fourth-order valence-corrected chi connectivity index (χ4v) is 6.00. The van der Waals surface area contributed by atoms with Gasteiger partial charge in [-0.25, -0.2) is 8.42 Å². The highest BCUT2D eigenvalue weighted by Gasteiger charge is 2.34. The lowest BCUT2D eigenvalue weighted by Gasteiger charge is -2.37. The third-order valence-electron chi connectivity index (χ3n) is 5.95. The maximum absolute atomic E-state index is 12.7. The first-order chi connectivity index (χ1) is 14.5. The molecule has 0 radical (unpaired) electrons. The van der Waals surface area contributed by atoms with E-state index >= 15 is 0 Å². The Balaban J connectivity index is 1.29. The van der Waals surface area contributed by atoms with Gasteiger partial charge in [-0.3, -0.25) is 9.69 Å². The number of sulfone groups is 1. The molecule has 0 unspecified atom stereocenters. The van der Waals surface area contributed by atoms with E-state index < -0.39 is 9.84 Å². The van der Waals surface area contributed by atoms with E-state index in [0.29, 0.717) is 19.5 Å². The van der Waals surface area contributed by atoms with Crippen molar-refractivity contribution < 1.29 is 17.9 Å². The van der Waals surface area contributed by atoms with Crippen LogP contribution in [0.25, 0.3) is 0 Å². The molecule has 2 saturated heterocycles. The van der Waals surface area contributed by atoms with E-state index in [9.17, 15) is 13.2 Å². The van der Waals surface area contributed by atoms with E-state index in [1.54, 1.807) is 0 Å². The van der Waals surface area contributed by atoms with Crippen LogP contribution in [0.1, 0.15) is 17.5 Å². The van der Waals surface area contributed by atoms with Crippen molar-refractivity contribution in [1.29, 1.82) is 0 Å². The molecule has 0 bridgehead atoms. The van der Waals surface area contributed by atoms with Gasteiger partial charge in [-0.15, -0.1) is 0 Å². The second kappa shape index (κ2) is 9.18. The molecule has 2 aliphatic heterocycles. The number of nitrogens with zero attached hydrogens (tertiary/aromatic N) is 2. The van der Waals surface area contributed by atoms with Crippen molar-refractivity contribution in [1.82, 2.24) is 9.80 Å². The molecular weight excluding hydrogens is 400 g/mol. The molecule has 4 rings (SSSR count). The average molecular weight is 429 g/mol. The third kappa shape index (κ3) is 5.21. The number of para-hydroxylation sites is 1. The summed E-state index contributed by atoms with van der Waals surface area (Å²) in [6.45, 7) is 2.69. The molecule has 0 N–H and O–H groups in total. The first-order valence-corrected chi connectivity index (χ1v) is 12.3. The molecular formula is C23H28N2O4S. The minimum absolute atomic E-state index is 0.0175. The molecule has 0 spiro atoms. The predicted molar refractivity (Wildman–Crippen MR) is 116 cm³/mol. The fraction of sp³-hybridized carbons (Fsp3) is 0.435. The van der Waals surface area contributed by atoms with Crippen LogP contribution in [0.3, 0.4) is 0 Å². The van der Waals surface area contributed by atoms with E-state index in [4.69, 9.17) is 4.74 Å². The Morgan fingerprint density at radius 3 is 2.37 bits per heavy atom. The van der Waals surface area contributed by atoms with Gasteiger partial charge in [0.05, 0.1) is 11.5 Å². The molecule has 0 saturated carbocycles. The molecule has 2 aliphatic rings. The number of carbonyl (C=O) groups excluding carboxylic acids is 1. The van der Waals surface area contributed by atoms with Crippen molar-refractivity contribution in [2.45, 2.75) is 18.9 Å². The lowest BCUT2D eigenvalue weighted by Crippen LogP contribution is -2.53. The second-order valence-electron chi connectivity index (χ2n) is 8.03. The zero-order chi connectivity index (χ0) is 21.0. The highest BCUT2D eigenvalue weighted by Crippen LogP contribution is 2.22. The molecule has 2 heterocycles. The zero-order valence-corrected chi connectivity index (χ0v) is 17.9. The Bertz CT molecular complexity index is 970. The van der Waals surface area contributed by atoms with Gasteiger partial charge in [0.15, 0.2) is 16.4 Å². The minimum atomic E-state index is -2.88. The summed E-state index contributed by atoms with van der Waals surface area (Å²) in [6.07, 6.45) is 1.46. The standard InChI is InChI=1S/C23H28N2O4S/c26-23(25-13-11-24(12-14-25)21-10-15-30(27,28)18-21)17-29-22-9-5-4-8-20(22)16-19-6-2-1-3-7-19/h1-9,21H,10-18H2/t21-/m0/s1. The monoisotopic (exact) mass is 428 g/mol. The predicted octanol–water partition coefficient (Wildman–Crippen LogP) is 1.99. The van der Waals surface area contributed by atoms with E-state index in [-0.39, 0.29) is 30.1 Å². The van der Waals surface area contributed by atoms with Crippen LogP contribution in [0.5, 0.6) is 5.75 Å². The van der Waals surface area contributed by atoms with Gasteiger partial charge < -0.3 is 9.64 Å². The van der Waals surface area contributed by atoms with Crippen molar-refractivity contribution >= 4 is 15.7 Å². The lowest BCUT2D eigenvalue weighted by molar-refractivity contribution is -0.135. The first-order valence-electron chi connectivity index (χ1n) is 10.5. The summed E-state index contributed by atoms with van der Waals surface area (Å²) in [6, 6.07) is 18.1. The Morgan fingerprint density at radius 1 is 0.967 bits per heavy atom. The van der Waals surface area contributed by atoms with Gasteiger partial charge in [0.25, 0.3) is 5.91 Å². The van der Waals surface area contributed by atoms with Gasteiger partial charge in [0, 0.05) is 38.6 Å². The van der Waals surface area contributed by atoms with Crippen LogP contribution in [0, 0.1) is 0 Å². The number of hydrogen-bond donors (Lipinski definition) is 0. The lowest BCUT2D eigenvalue weighted by atomic mass is 10.0. The van der Waals surface area contributed by atoms with Crippen LogP contribution in [0.2, 0.25) is 0 Å². The highest BCUT2D eigenvalue weighted by molar-refractivity contribution is 7.91. The van der Waals surface area contributed by atoms with Crippen molar-refractivity contribution in [2.24, 2.45) is 0 Å². The van der Waals surface area contributed by atoms with Gasteiger partial charge in [-0.1, -0.05) is 48.5 Å². The number of amides is 1. The number of rotatable bonds is 6. The van der Waals surface area contributed by atoms with E-state index in [1.165, 1.54) is 5.56 Å². The normalized spacial score (nSPS) is 21.5. The summed E-state index contributed by atoms with van der Waals surface area (Å²) < 4.78 is 29.3. The molecule has 2 aromatic carbocycles. The van der Waals surface area contributed by atoms with E-state index in [2.05, 4.69) is 17.0 Å². The van der Waals surface area contributed by atoms with Crippen molar-refractivity contribution in [3.8, 4) is 5.75 Å². The number of hydrogen-bond acceptors (Lipinski definition) is 5. The minimum Gasteiger partial charge on any atom is -0.483 e. The molecule has 0 aromatic heterocycles. The quantitative estimate of drug-likeness (QED) is 0.704. The SMILES string of the molecule is O=C(COc1ccccc1Cc1ccccc1)N1CCN([C@H]2CCS(=O)(=O)C2)CC1. The van der Waals surface area contributed by atoms with Crippen LogP contribution in [0.4, 0.5) is 0 Å². The van der Waals surface area contributed by atoms with Gasteiger partial charge in [0.1, 0.15) is 5.75 Å². The Hall–Kier alpha value is -2.38. The van der Waals surface area contributed by atoms with Crippen LogP contribution in [-0.4, -0.2) is 74.5 Å². The topological polar surface area (TPSA) is 66.9 Å². The Kier molecular flexibility index (Phi) is 6.39. The molecule has 6 nitrogen and oxygen atoms in total. The third-order valence-corrected chi connectivity index (χ3v) is 7.70. The summed E-state index contributed by atoms with van der Waals surface area (Å²) in [5, 5.41) is 0. The zero-order valence-electron chi connectivity index (χ0n) is 17.1. The summed E-state index contributed by atoms with van der Waals surface area (Å²) in [5.41, 5.74) is 2.26. The van der Waals surface area contributed by atoms with Crippen molar-refractivity contribution in [3.63, 3.8) is 0 Å². The highest BCUT2D eigenvalue weighted by atomic mass is 32.2. The van der Waals surface area contributed by atoms with Crippen LogP contribution in [0.15, 0.2) is 54.6 Å². The van der Waals surface area contributed by atoms with Crippen LogP contribution < -0.4 is 4.74 Å². The molecule has 30 heavy (non-hydrogen) atoms. The molecule has 2 fully saturated rings. The summed E-state index contributed by atoms with van der Waals surface area (Å²) in [7, 11) is -2.88. The Morgan fingerprint density at radius 2 is 1.67 bits per heavy atom. The molecule has 7 heteroatoms. The van der Waals surface area contributed by atoms with Gasteiger partial charge in [-0.05, 0) is 23.6 Å². The van der Waals surface area contributed by atoms with Gasteiger partial charge in [-0.2, -0.15) is 0 Å². The van der Waals surface area contributed by atoms with E-state index in [0.717, 1.165) is 30.8 Å². The summed E-state index contributed by atoms with van der Waals surface area (Å²) in [4.78, 5) is 16.7. The Labute approximate surface area is 178 Å². The van der Waals surface area contributed by atoms with Crippen molar-refractivity contribution in [3.05, 3.63) is 65.7 Å². The van der Waals surface area contributed by atoms with Gasteiger partial charge in [0.2, 0.25) is 0 Å². The maximum atomic E-state index is 12.7. The summed E-state index contributed by atoms with van der Waals surface area (Å²) in [5.74, 6) is 1.25. The van der Waals surface area contributed by atoms with Crippen LogP contribution >= 0.6 is 0 Å². The molecule has 1 atom stereocenters. The number of piperazine rings is 1. The van der Waals surface area contributed by atoms with E-state index in [1.807, 2.05) is 47.4 Å². The molecule has 160 valence electrons. The smallest absolute Gasteiger partial charge is 0.260 e. The summed E-state index contributed by atoms with van der Waals surface area (Å²) >= 11 is 0.